The van der Waals surface area contributed by atoms with Crippen LogP contribution in [-0.4, -0.2) is 17.9 Å². The van der Waals surface area contributed by atoms with Crippen molar-refractivity contribution < 1.29 is 14.4 Å². The molecule has 31 heavy (non-hydrogen) atoms. The highest BCUT2D eigenvalue weighted by atomic mass is 16.7. The molecule has 2 heterocycles. The number of benzene rings is 3. The number of nitrogens with zero attached hydrogens (tertiary/aromatic N) is 3. The van der Waals surface area contributed by atoms with Gasteiger partial charge in [0.15, 0.2) is 6.10 Å². The molecule has 2 aliphatic heterocycles. The van der Waals surface area contributed by atoms with E-state index in [9.17, 15) is 9.59 Å². The Kier molecular flexibility index (Phi) is 4.54. The number of carbonyl (C=O) groups is 2. The van der Waals surface area contributed by atoms with Crippen molar-refractivity contribution in [1.29, 1.82) is 5.26 Å². The first kappa shape index (κ1) is 19.0. The third kappa shape index (κ3) is 3.07. The summed E-state index contributed by atoms with van der Waals surface area (Å²) in [6.45, 7) is 1.95. The Morgan fingerprint density at radius 2 is 1.52 bits per heavy atom. The molecule has 0 aromatic heterocycles. The number of carbonyl (C=O) groups excluding carboxylic acids is 2. The van der Waals surface area contributed by atoms with Crippen LogP contribution in [0, 0.1) is 24.2 Å². The van der Waals surface area contributed by atoms with E-state index in [-0.39, 0.29) is 11.8 Å². The normalized spacial score (nSPS) is 22.5. The van der Waals surface area contributed by atoms with Crippen molar-refractivity contribution >= 4 is 23.2 Å². The average molecular weight is 409 g/mol. The average Bonchev–Trinajstić information content (AvgIpc) is 3.31. The van der Waals surface area contributed by atoms with Gasteiger partial charge in [0.2, 0.25) is 5.91 Å². The quantitative estimate of drug-likeness (QED) is 0.613. The molecule has 0 saturated carbocycles. The van der Waals surface area contributed by atoms with Crippen molar-refractivity contribution in [3.63, 3.8) is 0 Å². The van der Waals surface area contributed by atoms with E-state index in [1.54, 1.807) is 29.3 Å². The van der Waals surface area contributed by atoms with Gasteiger partial charge in [-0.15, -0.1) is 0 Å². The van der Waals surface area contributed by atoms with E-state index in [0.717, 1.165) is 16.8 Å². The largest absolute Gasteiger partial charge is 0.273 e. The SMILES string of the molecule is Cc1ccc(N2C(=O)[C@H]3[C@H](ON(c4ccccc4)[C@H]3c3ccc(C#N)cc3)C2=O)cc1. The van der Waals surface area contributed by atoms with E-state index in [0.29, 0.717) is 11.3 Å². The molecule has 152 valence electrons. The van der Waals surface area contributed by atoms with Crippen LogP contribution in [0.5, 0.6) is 0 Å². The maximum atomic E-state index is 13.5. The molecular weight excluding hydrogens is 390 g/mol. The highest BCUT2D eigenvalue weighted by molar-refractivity contribution is 6.23. The number of rotatable bonds is 3. The Balaban J connectivity index is 1.58. The fraction of sp³-hybridized carbons (Fsp3) is 0.160. The molecule has 3 atom stereocenters. The van der Waals surface area contributed by atoms with Crippen molar-refractivity contribution in [3.05, 3.63) is 95.6 Å². The molecule has 0 bridgehead atoms. The summed E-state index contributed by atoms with van der Waals surface area (Å²) >= 11 is 0. The van der Waals surface area contributed by atoms with Crippen LogP contribution in [0.2, 0.25) is 0 Å². The Bertz CT molecular complexity index is 1180. The maximum absolute atomic E-state index is 13.5. The van der Waals surface area contributed by atoms with E-state index in [2.05, 4.69) is 6.07 Å². The second-order valence-corrected chi connectivity index (χ2v) is 7.74. The maximum Gasteiger partial charge on any atom is 0.266 e. The van der Waals surface area contributed by atoms with Gasteiger partial charge >= 0.3 is 0 Å². The summed E-state index contributed by atoms with van der Waals surface area (Å²) in [5, 5.41) is 10.8. The number of fused-ring (bicyclic) bond motifs is 1. The van der Waals surface area contributed by atoms with Crippen LogP contribution in [0.25, 0.3) is 0 Å². The lowest BCUT2D eigenvalue weighted by Gasteiger charge is -2.28. The summed E-state index contributed by atoms with van der Waals surface area (Å²) < 4.78 is 0. The van der Waals surface area contributed by atoms with E-state index in [1.165, 1.54) is 4.90 Å². The third-order valence-corrected chi connectivity index (χ3v) is 5.80. The van der Waals surface area contributed by atoms with Crippen LogP contribution in [-0.2, 0) is 14.4 Å². The molecule has 2 saturated heterocycles. The Morgan fingerprint density at radius 1 is 0.839 bits per heavy atom. The molecule has 0 aliphatic carbocycles. The van der Waals surface area contributed by atoms with Crippen molar-refractivity contribution in [2.45, 2.75) is 19.1 Å². The number of para-hydroxylation sites is 1. The van der Waals surface area contributed by atoms with Gasteiger partial charge < -0.3 is 0 Å². The molecule has 3 aromatic carbocycles. The van der Waals surface area contributed by atoms with Gasteiger partial charge in [0, 0.05) is 0 Å². The van der Waals surface area contributed by atoms with Crippen LogP contribution >= 0.6 is 0 Å². The van der Waals surface area contributed by atoms with Crippen molar-refractivity contribution in [2.75, 3.05) is 9.96 Å². The molecule has 5 rings (SSSR count). The molecule has 2 amide bonds. The number of hydrogen-bond donors (Lipinski definition) is 0. The van der Waals surface area contributed by atoms with Gasteiger partial charge in [0.1, 0.15) is 5.92 Å². The van der Waals surface area contributed by atoms with Gasteiger partial charge in [0.05, 0.1) is 29.0 Å². The zero-order valence-electron chi connectivity index (χ0n) is 16.8. The summed E-state index contributed by atoms with van der Waals surface area (Å²) in [6, 6.07) is 25.4. The summed E-state index contributed by atoms with van der Waals surface area (Å²) in [6.07, 6.45) is -0.908. The summed E-state index contributed by atoms with van der Waals surface area (Å²) in [5.41, 5.74) is 3.69. The fourth-order valence-electron chi connectivity index (χ4n) is 4.26. The fourth-order valence-corrected chi connectivity index (χ4v) is 4.26. The number of amides is 2. The standard InChI is InChI=1S/C25H19N3O3/c1-16-7-13-19(14-8-16)27-24(29)21-22(18-11-9-17(15-26)10-12-18)28(31-23(21)25(27)30)20-5-3-2-4-6-20/h2-14,21-23H,1H3/t21-,22+,23+/m1/s1. The zero-order valence-corrected chi connectivity index (χ0v) is 16.8. The summed E-state index contributed by atoms with van der Waals surface area (Å²) in [4.78, 5) is 34.1. The molecule has 6 nitrogen and oxygen atoms in total. The van der Waals surface area contributed by atoms with Crippen LogP contribution in [0.1, 0.15) is 22.7 Å². The van der Waals surface area contributed by atoms with Gasteiger partial charge in [-0.3, -0.25) is 14.4 Å². The van der Waals surface area contributed by atoms with Gasteiger partial charge in [-0.2, -0.15) is 5.26 Å². The minimum atomic E-state index is -0.908. The van der Waals surface area contributed by atoms with Gasteiger partial charge in [-0.25, -0.2) is 9.96 Å². The second-order valence-electron chi connectivity index (χ2n) is 7.74. The molecule has 2 aliphatic rings. The van der Waals surface area contributed by atoms with E-state index < -0.39 is 18.1 Å². The number of imide groups is 1. The van der Waals surface area contributed by atoms with Crippen molar-refractivity contribution in [2.24, 2.45) is 5.92 Å². The molecule has 0 N–H and O–H groups in total. The van der Waals surface area contributed by atoms with E-state index in [4.69, 9.17) is 10.1 Å². The lowest BCUT2D eigenvalue weighted by molar-refractivity contribution is -0.126. The van der Waals surface area contributed by atoms with Gasteiger partial charge in [-0.1, -0.05) is 48.0 Å². The minimum Gasteiger partial charge on any atom is -0.273 e. The van der Waals surface area contributed by atoms with Crippen molar-refractivity contribution in [1.82, 2.24) is 0 Å². The topological polar surface area (TPSA) is 73.6 Å². The first-order valence-corrected chi connectivity index (χ1v) is 10.0. The highest BCUT2D eigenvalue weighted by Crippen LogP contribution is 2.47. The van der Waals surface area contributed by atoms with Gasteiger partial charge in [-0.05, 0) is 48.9 Å². The van der Waals surface area contributed by atoms with E-state index in [1.807, 2.05) is 61.5 Å². The van der Waals surface area contributed by atoms with Crippen LogP contribution in [0.3, 0.4) is 0 Å². The molecule has 0 unspecified atom stereocenters. The number of hydroxylamine groups is 1. The Hall–Kier alpha value is -3.95. The minimum absolute atomic E-state index is 0.286. The van der Waals surface area contributed by atoms with Crippen LogP contribution in [0.4, 0.5) is 11.4 Å². The number of hydrogen-bond acceptors (Lipinski definition) is 5. The summed E-state index contributed by atoms with van der Waals surface area (Å²) in [5.74, 6) is -1.34. The highest BCUT2D eigenvalue weighted by Gasteiger charge is 2.60. The molecular formula is C25H19N3O3. The van der Waals surface area contributed by atoms with Crippen LogP contribution < -0.4 is 9.96 Å². The molecule has 6 heteroatoms. The predicted octanol–water partition coefficient (Wildman–Crippen LogP) is 3.92. The monoisotopic (exact) mass is 409 g/mol. The molecule has 0 radical (unpaired) electrons. The summed E-state index contributed by atoms with van der Waals surface area (Å²) in [7, 11) is 0. The first-order valence-electron chi connectivity index (χ1n) is 10.0. The lowest BCUT2D eigenvalue weighted by Crippen LogP contribution is -2.37. The van der Waals surface area contributed by atoms with Gasteiger partial charge in [0.25, 0.3) is 5.91 Å². The second kappa shape index (κ2) is 7.38. The zero-order chi connectivity index (χ0) is 21.5. The predicted molar refractivity (Wildman–Crippen MR) is 115 cm³/mol. The smallest absolute Gasteiger partial charge is 0.266 e. The van der Waals surface area contributed by atoms with E-state index >= 15 is 0 Å². The van der Waals surface area contributed by atoms with Crippen LogP contribution in [0.15, 0.2) is 78.9 Å². The molecule has 2 fully saturated rings. The molecule has 0 spiro atoms. The van der Waals surface area contributed by atoms with Crippen molar-refractivity contribution in [3.8, 4) is 6.07 Å². The third-order valence-electron chi connectivity index (χ3n) is 5.80. The first-order chi connectivity index (χ1) is 15.1. The Morgan fingerprint density at radius 3 is 2.16 bits per heavy atom. The number of aryl methyl sites for hydroxylation is 1. The number of nitriles is 1. The Labute approximate surface area is 179 Å². The lowest BCUT2D eigenvalue weighted by atomic mass is 9.90. The molecule has 3 aromatic rings. The number of anilines is 2.